The van der Waals surface area contributed by atoms with Gasteiger partial charge in [-0.2, -0.15) is 0 Å². The molecule has 8 nitrogen and oxygen atoms in total. The lowest BCUT2D eigenvalue weighted by atomic mass is 10.2. The Morgan fingerprint density at radius 3 is 2.16 bits per heavy atom. The van der Waals surface area contributed by atoms with E-state index in [0.717, 1.165) is 22.2 Å². The van der Waals surface area contributed by atoms with E-state index in [9.17, 15) is 14.4 Å². The molecule has 0 bridgehead atoms. The maximum atomic E-state index is 12.6. The molecule has 1 aliphatic heterocycles. The third kappa shape index (κ3) is 5.37. The van der Waals surface area contributed by atoms with Gasteiger partial charge in [-0.1, -0.05) is 12.1 Å². The summed E-state index contributed by atoms with van der Waals surface area (Å²) in [5, 5.41) is 2.33. The van der Waals surface area contributed by atoms with Gasteiger partial charge in [-0.15, -0.1) is 0 Å². The summed E-state index contributed by atoms with van der Waals surface area (Å²) in [6.45, 7) is 0.184. The number of imide groups is 1. The smallest absolute Gasteiger partial charge is 0.293 e. The molecule has 0 saturated carbocycles. The number of nitrogens with one attached hydrogen (secondary N) is 1. The molecule has 0 atom stereocenters. The zero-order chi connectivity index (χ0) is 22.4. The molecule has 0 unspecified atom stereocenters. The van der Waals surface area contributed by atoms with E-state index in [1.807, 2.05) is 0 Å². The van der Waals surface area contributed by atoms with E-state index in [2.05, 4.69) is 5.32 Å². The van der Waals surface area contributed by atoms with Gasteiger partial charge in [0.15, 0.2) is 0 Å². The minimum atomic E-state index is -0.386. The Morgan fingerprint density at radius 2 is 1.58 bits per heavy atom. The van der Waals surface area contributed by atoms with E-state index in [-0.39, 0.29) is 30.1 Å². The fraction of sp³-hybridized carbons (Fsp3) is 0.227. The number of ether oxygens (including phenoxy) is 3. The molecule has 1 saturated heterocycles. The van der Waals surface area contributed by atoms with E-state index >= 15 is 0 Å². The van der Waals surface area contributed by atoms with Crippen molar-refractivity contribution in [1.82, 2.24) is 10.2 Å². The Kier molecular flexibility index (Phi) is 7.19. The highest BCUT2D eigenvalue weighted by Gasteiger charge is 2.34. The number of hydrogen-bond acceptors (Lipinski definition) is 7. The Hall–Kier alpha value is -3.46. The van der Waals surface area contributed by atoms with Crippen LogP contribution in [-0.4, -0.2) is 56.4 Å². The van der Waals surface area contributed by atoms with Gasteiger partial charge in [-0.25, -0.2) is 0 Å². The van der Waals surface area contributed by atoms with Crippen LogP contribution in [0.15, 0.2) is 47.4 Å². The molecule has 9 heteroatoms. The largest absolute Gasteiger partial charge is 0.497 e. The fourth-order valence-electron chi connectivity index (χ4n) is 2.87. The van der Waals surface area contributed by atoms with Crippen LogP contribution in [-0.2, 0) is 4.79 Å². The van der Waals surface area contributed by atoms with Crippen LogP contribution in [0, 0.1) is 0 Å². The maximum Gasteiger partial charge on any atom is 0.293 e. The highest BCUT2D eigenvalue weighted by molar-refractivity contribution is 8.18. The molecule has 0 radical (unpaired) electrons. The molecule has 3 rings (SSSR count). The van der Waals surface area contributed by atoms with E-state index in [0.29, 0.717) is 27.7 Å². The van der Waals surface area contributed by atoms with Crippen molar-refractivity contribution < 1.29 is 28.6 Å². The Labute approximate surface area is 184 Å². The van der Waals surface area contributed by atoms with Crippen molar-refractivity contribution >= 4 is 34.9 Å². The summed E-state index contributed by atoms with van der Waals surface area (Å²) in [6, 6.07) is 12.0. The molecule has 0 aromatic heterocycles. The fourth-order valence-corrected chi connectivity index (χ4v) is 3.73. The van der Waals surface area contributed by atoms with Crippen LogP contribution >= 0.6 is 11.8 Å². The molecule has 3 amide bonds. The molecule has 0 spiro atoms. The van der Waals surface area contributed by atoms with Gasteiger partial charge in [-0.3, -0.25) is 19.3 Å². The van der Waals surface area contributed by atoms with E-state index in [1.54, 1.807) is 55.7 Å². The zero-order valence-electron chi connectivity index (χ0n) is 17.3. The average molecular weight is 442 g/mol. The summed E-state index contributed by atoms with van der Waals surface area (Å²) < 4.78 is 15.4. The van der Waals surface area contributed by atoms with Crippen molar-refractivity contribution in [3.63, 3.8) is 0 Å². The summed E-state index contributed by atoms with van der Waals surface area (Å²) in [5.74, 6) is 0.925. The number of hydrogen-bond donors (Lipinski definition) is 1. The predicted molar refractivity (Wildman–Crippen MR) is 118 cm³/mol. The standard InChI is InChI=1S/C22H22N2O6S/c1-28-16-6-4-14(5-7-16)10-19-21(26)24(22(27)31-19)9-8-23-20(25)15-11-17(29-2)13-18(12-15)30-3/h4-7,10-13H,8-9H2,1-3H3,(H,23,25). The summed E-state index contributed by atoms with van der Waals surface area (Å²) in [7, 11) is 4.56. The molecule has 1 fully saturated rings. The Balaban J connectivity index is 1.60. The van der Waals surface area contributed by atoms with Crippen molar-refractivity contribution in [2.24, 2.45) is 0 Å². The van der Waals surface area contributed by atoms with E-state index in [4.69, 9.17) is 14.2 Å². The quantitative estimate of drug-likeness (QED) is 0.628. The first-order chi connectivity index (χ1) is 14.9. The van der Waals surface area contributed by atoms with Crippen LogP contribution in [0.5, 0.6) is 17.2 Å². The van der Waals surface area contributed by atoms with Gasteiger partial charge in [0.05, 0.1) is 26.2 Å². The molecule has 162 valence electrons. The lowest BCUT2D eigenvalue weighted by Crippen LogP contribution is -2.37. The van der Waals surface area contributed by atoms with Crippen LogP contribution in [0.2, 0.25) is 0 Å². The molecule has 2 aromatic rings. The summed E-state index contributed by atoms with van der Waals surface area (Å²) in [6.07, 6.45) is 1.66. The minimum absolute atomic E-state index is 0.0669. The highest BCUT2D eigenvalue weighted by atomic mass is 32.2. The molecule has 1 N–H and O–H groups in total. The van der Waals surface area contributed by atoms with E-state index in [1.165, 1.54) is 14.2 Å². The van der Waals surface area contributed by atoms with Gasteiger partial charge in [0.1, 0.15) is 17.2 Å². The van der Waals surface area contributed by atoms with Crippen molar-refractivity contribution in [3.05, 3.63) is 58.5 Å². The van der Waals surface area contributed by atoms with Crippen LogP contribution in [0.3, 0.4) is 0 Å². The van der Waals surface area contributed by atoms with Gasteiger partial charge >= 0.3 is 0 Å². The maximum absolute atomic E-state index is 12.6. The van der Waals surface area contributed by atoms with Crippen LogP contribution in [0.1, 0.15) is 15.9 Å². The van der Waals surface area contributed by atoms with Gasteiger partial charge in [0, 0.05) is 24.7 Å². The monoisotopic (exact) mass is 442 g/mol. The van der Waals surface area contributed by atoms with Gasteiger partial charge < -0.3 is 19.5 Å². The van der Waals surface area contributed by atoms with Crippen molar-refractivity contribution in [1.29, 1.82) is 0 Å². The minimum Gasteiger partial charge on any atom is -0.497 e. The summed E-state index contributed by atoms with van der Waals surface area (Å²) in [5.41, 5.74) is 1.14. The average Bonchev–Trinajstić information content (AvgIpc) is 3.06. The third-order valence-electron chi connectivity index (χ3n) is 4.52. The highest BCUT2D eigenvalue weighted by Crippen LogP contribution is 2.32. The van der Waals surface area contributed by atoms with Crippen LogP contribution < -0.4 is 19.5 Å². The van der Waals surface area contributed by atoms with Gasteiger partial charge in [0.25, 0.3) is 17.1 Å². The first-order valence-electron chi connectivity index (χ1n) is 9.36. The molecule has 1 aliphatic rings. The van der Waals surface area contributed by atoms with Gasteiger partial charge in [-0.05, 0) is 47.7 Å². The number of carbonyl (C=O) groups excluding carboxylic acids is 3. The number of amides is 3. The number of carbonyl (C=O) groups is 3. The van der Waals surface area contributed by atoms with Crippen molar-refractivity contribution in [2.75, 3.05) is 34.4 Å². The normalized spacial score (nSPS) is 14.7. The van der Waals surface area contributed by atoms with Crippen molar-refractivity contribution in [2.45, 2.75) is 0 Å². The first kappa shape index (κ1) is 22.2. The lowest BCUT2D eigenvalue weighted by molar-refractivity contribution is -0.122. The number of thioether (sulfide) groups is 1. The number of rotatable bonds is 8. The zero-order valence-corrected chi connectivity index (χ0v) is 18.2. The molecular formula is C22H22N2O6S. The molecule has 2 aromatic carbocycles. The molecule has 31 heavy (non-hydrogen) atoms. The second-order valence-corrected chi connectivity index (χ2v) is 7.46. The Morgan fingerprint density at radius 1 is 0.968 bits per heavy atom. The summed E-state index contributed by atoms with van der Waals surface area (Å²) >= 11 is 0.873. The SMILES string of the molecule is COc1ccc(C=C2SC(=O)N(CCNC(=O)c3cc(OC)cc(OC)c3)C2=O)cc1. The molecule has 1 heterocycles. The topological polar surface area (TPSA) is 94.2 Å². The first-order valence-corrected chi connectivity index (χ1v) is 10.2. The lowest BCUT2D eigenvalue weighted by Gasteiger charge is -2.13. The second kappa shape index (κ2) is 10.0. The number of benzene rings is 2. The van der Waals surface area contributed by atoms with E-state index < -0.39 is 0 Å². The number of methoxy groups -OCH3 is 3. The second-order valence-electron chi connectivity index (χ2n) is 6.46. The molecule has 0 aliphatic carbocycles. The van der Waals surface area contributed by atoms with Gasteiger partial charge in [0.2, 0.25) is 0 Å². The Bertz CT molecular complexity index is 997. The summed E-state index contributed by atoms with van der Waals surface area (Å²) in [4.78, 5) is 38.7. The molecular weight excluding hydrogens is 420 g/mol. The number of nitrogens with zero attached hydrogens (tertiary/aromatic N) is 1. The predicted octanol–water partition coefficient (Wildman–Crippen LogP) is 3.18. The third-order valence-corrected chi connectivity index (χ3v) is 5.43. The van der Waals surface area contributed by atoms with Crippen LogP contribution in [0.4, 0.5) is 4.79 Å². The van der Waals surface area contributed by atoms with Crippen molar-refractivity contribution in [3.8, 4) is 17.2 Å². The van der Waals surface area contributed by atoms with Crippen LogP contribution in [0.25, 0.3) is 6.08 Å².